The number of benzene rings is 8. The normalized spacial score (nSPS) is 14.8. The molecule has 2 aromatic heterocycles. The van der Waals surface area contributed by atoms with Gasteiger partial charge in [-0.2, -0.15) is 0 Å². The van der Waals surface area contributed by atoms with Gasteiger partial charge >= 0.3 is 0 Å². The van der Waals surface area contributed by atoms with Crippen LogP contribution < -0.4 is 0 Å². The first-order chi connectivity index (χ1) is 30.2. The molecule has 3 nitrogen and oxygen atoms in total. The predicted octanol–water partition coefficient (Wildman–Crippen LogP) is 15.0. The highest BCUT2D eigenvalue weighted by Crippen LogP contribution is 2.41. The Morgan fingerprint density at radius 1 is 0.475 bits per heavy atom. The largest absolute Gasteiger partial charge is 0.310 e. The minimum absolute atomic E-state index is 0.251. The molecule has 1 unspecified atom stereocenters. The van der Waals surface area contributed by atoms with E-state index in [2.05, 4.69) is 211 Å². The first kappa shape index (κ1) is 35.3. The van der Waals surface area contributed by atoms with Crippen molar-refractivity contribution >= 4 is 55.1 Å². The summed E-state index contributed by atoms with van der Waals surface area (Å²) in [6, 6.07) is 63.4. The van der Waals surface area contributed by atoms with E-state index in [4.69, 9.17) is 9.97 Å². The molecular formula is C58H41N3. The second-order valence-corrected chi connectivity index (χ2v) is 16.3. The van der Waals surface area contributed by atoms with Crippen LogP contribution in [-0.4, -0.2) is 14.5 Å². The third-order valence-corrected chi connectivity index (χ3v) is 12.8. The molecule has 2 aliphatic carbocycles. The van der Waals surface area contributed by atoms with Gasteiger partial charge in [0.25, 0.3) is 0 Å². The molecule has 0 amide bonds. The third kappa shape index (κ3) is 6.04. The number of aromatic nitrogens is 3. The molecule has 0 fully saturated rings. The molecule has 10 aromatic rings. The lowest BCUT2D eigenvalue weighted by Crippen LogP contribution is -2.01. The number of hydrogen-bond donors (Lipinski definition) is 0. The van der Waals surface area contributed by atoms with Gasteiger partial charge in [-0.15, -0.1) is 0 Å². The molecule has 0 aliphatic heterocycles. The minimum atomic E-state index is 0.251. The minimum Gasteiger partial charge on any atom is -0.310 e. The van der Waals surface area contributed by atoms with E-state index < -0.39 is 0 Å². The highest BCUT2D eigenvalue weighted by atomic mass is 15.0. The van der Waals surface area contributed by atoms with Crippen LogP contribution in [0.15, 0.2) is 200 Å². The fourth-order valence-corrected chi connectivity index (χ4v) is 9.81. The molecule has 0 saturated carbocycles. The molecule has 0 spiro atoms. The number of aryl methyl sites for hydroxylation is 1. The predicted molar refractivity (Wildman–Crippen MR) is 256 cm³/mol. The van der Waals surface area contributed by atoms with E-state index in [1.54, 1.807) is 0 Å². The molecule has 0 saturated heterocycles. The zero-order valence-corrected chi connectivity index (χ0v) is 33.7. The second-order valence-electron chi connectivity index (χ2n) is 16.3. The van der Waals surface area contributed by atoms with Gasteiger partial charge in [0, 0.05) is 44.6 Å². The van der Waals surface area contributed by atoms with Gasteiger partial charge in [0.1, 0.15) is 0 Å². The molecule has 288 valence electrons. The summed E-state index contributed by atoms with van der Waals surface area (Å²) in [7, 11) is 0. The lowest BCUT2D eigenvalue weighted by atomic mass is 9.86. The van der Waals surface area contributed by atoms with Crippen LogP contribution in [-0.2, 0) is 6.42 Å². The van der Waals surface area contributed by atoms with Crippen LogP contribution in [0, 0.1) is 0 Å². The monoisotopic (exact) mass is 779 g/mol. The fourth-order valence-electron chi connectivity index (χ4n) is 9.81. The Balaban J connectivity index is 0.878. The maximum absolute atomic E-state index is 5.53. The van der Waals surface area contributed by atoms with Crippen molar-refractivity contribution in [2.75, 3.05) is 0 Å². The number of hydrogen-bond acceptors (Lipinski definition) is 2. The van der Waals surface area contributed by atoms with Crippen LogP contribution in [0.25, 0.3) is 94.5 Å². The zero-order chi connectivity index (χ0) is 40.3. The average molecular weight is 780 g/mol. The topological polar surface area (TPSA) is 30.7 Å². The molecule has 3 heteroatoms. The Bertz CT molecular complexity index is 3440. The SMILES string of the molecule is C1=Cc2c(c3cc(-c4cccc(C5=CCC(c6cccc(-c7nc8c9ccccc9c9ccccc9c8nc7-c7ccccc7)c6)C=C5)c4)ccc3n2-c2ccccc2)CC1. The van der Waals surface area contributed by atoms with Gasteiger partial charge in [0.2, 0.25) is 0 Å². The van der Waals surface area contributed by atoms with Crippen molar-refractivity contribution in [3.8, 4) is 39.3 Å². The lowest BCUT2D eigenvalue weighted by Gasteiger charge is -2.19. The van der Waals surface area contributed by atoms with Gasteiger partial charge in [-0.25, -0.2) is 9.97 Å². The van der Waals surface area contributed by atoms with Crippen LogP contribution >= 0.6 is 0 Å². The number of allylic oxidation sites excluding steroid dienone is 5. The summed E-state index contributed by atoms with van der Waals surface area (Å²) in [6.45, 7) is 0. The van der Waals surface area contributed by atoms with Crippen LogP contribution in [0.1, 0.15) is 41.1 Å². The van der Waals surface area contributed by atoms with Crippen molar-refractivity contribution in [1.29, 1.82) is 0 Å². The van der Waals surface area contributed by atoms with Crippen molar-refractivity contribution in [1.82, 2.24) is 14.5 Å². The Labute approximate surface area is 355 Å². The molecule has 1 atom stereocenters. The van der Waals surface area contributed by atoms with Gasteiger partial charge in [-0.1, -0.05) is 164 Å². The summed E-state index contributed by atoms with van der Waals surface area (Å²) in [4.78, 5) is 11.0. The maximum atomic E-state index is 5.53. The molecule has 2 heterocycles. The van der Waals surface area contributed by atoms with Crippen LogP contribution in [0.4, 0.5) is 0 Å². The number of fused-ring (bicyclic) bond motifs is 9. The first-order valence-electron chi connectivity index (χ1n) is 21.4. The van der Waals surface area contributed by atoms with Crippen molar-refractivity contribution in [3.05, 3.63) is 223 Å². The standard InChI is InChI=1S/C58H41N3/c1-3-15-40(16-4-1)55-56(60-58-51-27-10-8-24-48(51)47-23-7-9-26-50(47)57(58)59-55)45-20-14-18-42(36-45)39-31-29-38(30-32-39)41-17-13-19-43(35-41)44-33-34-54-52(37-44)49-25-11-12-28-53(49)61(54)46-21-5-2-6-22-46/h1-10,12-24,26-31,33-37,39H,11,25,32H2. The van der Waals surface area contributed by atoms with Crippen LogP contribution in [0.2, 0.25) is 0 Å². The van der Waals surface area contributed by atoms with Gasteiger partial charge in [0.05, 0.1) is 27.9 Å². The maximum Gasteiger partial charge on any atom is 0.0979 e. The van der Waals surface area contributed by atoms with E-state index in [9.17, 15) is 0 Å². The number of nitrogens with zero attached hydrogens (tertiary/aromatic N) is 3. The van der Waals surface area contributed by atoms with Gasteiger partial charge in [-0.05, 0) is 106 Å². The fraction of sp³-hybridized carbons (Fsp3) is 0.0690. The number of rotatable bonds is 6. The Kier molecular flexibility index (Phi) is 8.45. The van der Waals surface area contributed by atoms with Crippen LogP contribution in [0.3, 0.4) is 0 Å². The highest BCUT2D eigenvalue weighted by Gasteiger charge is 2.21. The van der Waals surface area contributed by atoms with E-state index in [-0.39, 0.29) is 5.92 Å². The molecule has 8 aromatic carbocycles. The summed E-state index contributed by atoms with van der Waals surface area (Å²) < 4.78 is 2.42. The van der Waals surface area contributed by atoms with E-state index in [0.717, 1.165) is 63.6 Å². The summed E-state index contributed by atoms with van der Waals surface area (Å²) in [6.07, 6.45) is 14.8. The van der Waals surface area contributed by atoms with Gasteiger partial charge < -0.3 is 4.57 Å². The second kappa shape index (κ2) is 14.6. The van der Waals surface area contributed by atoms with Crippen molar-refractivity contribution < 1.29 is 0 Å². The van der Waals surface area contributed by atoms with Gasteiger partial charge in [0.15, 0.2) is 0 Å². The molecule has 0 N–H and O–H groups in total. The van der Waals surface area contributed by atoms with Crippen molar-refractivity contribution in [2.24, 2.45) is 0 Å². The Morgan fingerprint density at radius 2 is 1.10 bits per heavy atom. The third-order valence-electron chi connectivity index (χ3n) is 12.8. The van der Waals surface area contributed by atoms with Crippen LogP contribution in [0.5, 0.6) is 0 Å². The molecule has 0 radical (unpaired) electrons. The van der Waals surface area contributed by atoms with Crippen molar-refractivity contribution in [3.63, 3.8) is 0 Å². The smallest absolute Gasteiger partial charge is 0.0979 e. The molecular weight excluding hydrogens is 739 g/mol. The Morgan fingerprint density at radius 3 is 1.84 bits per heavy atom. The highest BCUT2D eigenvalue weighted by molar-refractivity contribution is 6.23. The zero-order valence-electron chi connectivity index (χ0n) is 33.7. The molecule has 0 bridgehead atoms. The molecule has 2 aliphatic rings. The molecule has 61 heavy (non-hydrogen) atoms. The van der Waals surface area contributed by atoms with E-state index in [1.165, 1.54) is 66.4 Å². The first-order valence-corrected chi connectivity index (χ1v) is 21.4. The van der Waals surface area contributed by atoms with Gasteiger partial charge in [-0.3, -0.25) is 0 Å². The quantitative estimate of drug-likeness (QED) is 0.157. The summed E-state index contributed by atoms with van der Waals surface area (Å²) in [5.74, 6) is 0.251. The van der Waals surface area contributed by atoms with E-state index in [0.29, 0.717) is 0 Å². The summed E-state index contributed by atoms with van der Waals surface area (Å²) in [5, 5.41) is 5.99. The Hall–Kier alpha value is -7.62. The summed E-state index contributed by atoms with van der Waals surface area (Å²) >= 11 is 0. The van der Waals surface area contributed by atoms with Crippen molar-refractivity contribution in [2.45, 2.75) is 25.2 Å². The summed E-state index contributed by atoms with van der Waals surface area (Å²) in [5.41, 5.74) is 17.3. The molecule has 12 rings (SSSR count). The number of para-hydroxylation sites is 1. The van der Waals surface area contributed by atoms with E-state index in [1.807, 2.05) is 0 Å². The lowest BCUT2D eigenvalue weighted by molar-refractivity contribution is 0.857. The average Bonchev–Trinajstić information content (AvgIpc) is 3.68. The van der Waals surface area contributed by atoms with E-state index >= 15 is 0 Å².